The first kappa shape index (κ1) is 8.73. The molecule has 0 heterocycles. The normalized spacial score (nSPS) is 27.2. The van der Waals surface area contributed by atoms with Gasteiger partial charge in [0.2, 0.25) is 0 Å². The Labute approximate surface area is 88.0 Å². The number of hydrogen-bond acceptors (Lipinski definition) is 1. The second-order valence-electron chi connectivity index (χ2n) is 3.01. The van der Waals surface area contributed by atoms with Crippen LogP contribution in [0.5, 0.6) is 0 Å². The molecule has 1 aliphatic carbocycles. The molecule has 0 amide bonds. The number of aliphatic hydroxyl groups is 1. The molecule has 1 aromatic rings. The van der Waals surface area contributed by atoms with Crippen molar-refractivity contribution in [1.82, 2.24) is 0 Å². The van der Waals surface area contributed by atoms with Crippen LogP contribution >= 0.6 is 31.9 Å². The first-order valence-electron chi connectivity index (χ1n) is 3.79. The maximum Gasteiger partial charge on any atom is 0.0920 e. The average molecular weight is 292 g/mol. The molecule has 2 unspecified atom stereocenters. The van der Waals surface area contributed by atoms with Gasteiger partial charge in [-0.2, -0.15) is 0 Å². The molecule has 0 fully saturated rings. The third kappa shape index (κ3) is 1.34. The highest BCUT2D eigenvalue weighted by atomic mass is 79.9. The Morgan fingerprint density at radius 1 is 1.42 bits per heavy atom. The lowest BCUT2D eigenvalue weighted by atomic mass is 10.1. The zero-order valence-electron chi connectivity index (χ0n) is 6.30. The SMILES string of the molecule is OC1c2ccc(Br)cc2CC1Br. The number of benzene rings is 1. The molecule has 0 aliphatic heterocycles. The standard InChI is InChI=1S/C9H8Br2O/c10-6-1-2-7-5(3-6)4-8(11)9(7)12/h1-3,8-9,12H,4H2. The summed E-state index contributed by atoms with van der Waals surface area (Å²) in [5.74, 6) is 0. The Kier molecular flexibility index (Phi) is 2.27. The van der Waals surface area contributed by atoms with Crippen LogP contribution in [0.2, 0.25) is 0 Å². The number of fused-ring (bicyclic) bond motifs is 1. The molecule has 2 atom stereocenters. The molecule has 1 nitrogen and oxygen atoms in total. The first-order chi connectivity index (χ1) is 5.68. The summed E-state index contributed by atoms with van der Waals surface area (Å²) >= 11 is 6.85. The van der Waals surface area contributed by atoms with Crippen molar-refractivity contribution in [2.75, 3.05) is 0 Å². The molecular formula is C9H8Br2O. The van der Waals surface area contributed by atoms with Gasteiger partial charge in [-0.25, -0.2) is 0 Å². The smallest absolute Gasteiger partial charge is 0.0920 e. The molecule has 0 radical (unpaired) electrons. The van der Waals surface area contributed by atoms with E-state index in [0.29, 0.717) is 0 Å². The predicted molar refractivity (Wildman–Crippen MR) is 55.5 cm³/mol. The minimum atomic E-state index is -0.340. The summed E-state index contributed by atoms with van der Waals surface area (Å²) in [7, 11) is 0. The second kappa shape index (κ2) is 3.13. The van der Waals surface area contributed by atoms with Crippen molar-refractivity contribution in [3.8, 4) is 0 Å². The number of halogens is 2. The van der Waals surface area contributed by atoms with Gasteiger partial charge in [0.05, 0.1) is 6.10 Å². The second-order valence-corrected chi connectivity index (χ2v) is 5.10. The van der Waals surface area contributed by atoms with Crippen molar-refractivity contribution in [3.63, 3.8) is 0 Å². The van der Waals surface area contributed by atoms with Gasteiger partial charge in [0.15, 0.2) is 0 Å². The maximum atomic E-state index is 9.68. The molecule has 0 aromatic heterocycles. The van der Waals surface area contributed by atoms with Gasteiger partial charge in [0.25, 0.3) is 0 Å². The van der Waals surface area contributed by atoms with Gasteiger partial charge in [0.1, 0.15) is 0 Å². The summed E-state index contributed by atoms with van der Waals surface area (Å²) in [4.78, 5) is 0.182. The van der Waals surface area contributed by atoms with Gasteiger partial charge >= 0.3 is 0 Å². The van der Waals surface area contributed by atoms with Gasteiger partial charge in [0, 0.05) is 9.30 Å². The van der Waals surface area contributed by atoms with Gasteiger partial charge in [-0.05, 0) is 29.7 Å². The topological polar surface area (TPSA) is 20.2 Å². The molecule has 1 aromatic carbocycles. The highest BCUT2D eigenvalue weighted by Gasteiger charge is 2.28. The lowest BCUT2D eigenvalue weighted by molar-refractivity contribution is 0.187. The van der Waals surface area contributed by atoms with Crippen LogP contribution in [0.4, 0.5) is 0 Å². The lowest BCUT2D eigenvalue weighted by Crippen LogP contribution is -2.03. The zero-order chi connectivity index (χ0) is 8.72. The molecule has 0 saturated carbocycles. The van der Waals surface area contributed by atoms with E-state index < -0.39 is 0 Å². The lowest BCUT2D eigenvalue weighted by Gasteiger charge is -2.06. The van der Waals surface area contributed by atoms with E-state index in [0.717, 1.165) is 16.5 Å². The molecule has 1 aliphatic rings. The molecule has 0 bridgehead atoms. The van der Waals surface area contributed by atoms with Crippen molar-refractivity contribution in [3.05, 3.63) is 33.8 Å². The van der Waals surface area contributed by atoms with Gasteiger partial charge < -0.3 is 5.11 Å². The van der Waals surface area contributed by atoms with Gasteiger partial charge in [-0.3, -0.25) is 0 Å². The summed E-state index contributed by atoms with van der Waals surface area (Å²) in [5.41, 5.74) is 2.29. The average Bonchev–Trinajstić information content (AvgIpc) is 2.28. The van der Waals surface area contributed by atoms with Crippen molar-refractivity contribution in [2.24, 2.45) is 0 Å². The summed E-state index contributed by atoms with van der Waals surface area (Å²) < 4.78 is 1.08. The fourth-order valence-corrected chi connectivity index (χ4v) is 2.60. The monoisotopic (exact) mass is 290 g/mol. The van der Waals surface area contributed by atoms with Crippen LogP contribution in [0.25, 0.3) is 0 Å². The quantitative estimate of drug-likeness (QED) is 0.729. The van der Waals surface area contributed by atoms with Crippen LogP contribution in [-0.4, -0.2) is 9.93 Å². The molecule has 0 saturated heterocycles. The van der Waals surface area contributed by atoms with E-state index in [2.05, 4.69) is 37.9 Å². The zero-order valence-corrected chi connectivity index (χ0v) is 9.47. The molecular weight excluding hydrogens is 284 g/mol. The van der Waals surface area contributed by atoms with E-state index in [1.807, 2.05) is 12.1 Å². The Hall–Kier alpha value is 0.140. The molecule has 12 heavy (non-hydrogen) atoms. The van der Waals surface area contributed by atoms with Crippen LogP contribution in [0.3, 0.4) is 0 Å². The highest BCUT2D eigenvalue weighted by Crippen LogP contribution is 2.36. The van der Waals surface area contributed by atoms with Crippen LogP contribution < -0.4 is 0 Å². The number of alkyl halides is 1. The Balaban J connectivity index is 2.47. The molecule has 1 N–H and O–H groups in total. The highest BCUT2D eigenvalue weighted by molar-refractivity contribution is 9.10. The molecule has 3 heteroatoms. The summed E-state index contributed by atoms with van der Waals surface area (Å²) in [6, 6.07) is 6.01. The van der Waals surface area contributed by atoms with Crippen molar-refractivity contribution in [1.29, 1.82) is 0 Å². The van der Waals surface area contributed by atoms with E-state index in [-0.39, 0.29) is 10.9 Å². The Morgan fingerprint density at radius 2 is 2.17 bits per heavy atom. The van der Waals surface area contributed by atoms with Gasteiger partial charge in [-0.15, -0.1) is 0 Å². The minimum absolute atomic E-state index is 0.182. The first-order valence-corrected chi connectivity index (χ1v) is 5.50. The van der Waals surface area contributed by atoms with Gasteiger partial charge in [-0.1, -0.05) is 37.9 Å². The van der Waals surface area contributed by atoms with Crippen LogP contribution in [0.15, 0.2) is 22.7 Å². The van der Waals surface area contributed by atoms with E-state index >= 15 is 0 Å². The van der Waals surface area contributed by atoms with E-state index in [9.17, 15) is 5.11 Å². The Morgan fingerprint density at radius 3 is 2.92 bits per heavy atom. The number of rotatable bonds is 0. The van der Waals surface area contributed by atoms with Crippen LogP contribution in [0.1, 0.15) is 17.2 Å². The molecule has 0 spiro atoms. The molecule has 64 valence electrons. The largest absolute Gasteiger partial charge is 0.387 e. The van der Waals surface area contributed by atoms with Crippen molar-refractivity contribution >= 4 is 31.9 Å². The third-order valence-electron chi connectivity index (χ3n) is 2.18. The third-order valence-corrected chi connectivity index (χ3v) is 3.50. The fraction of sp³-hybridized carbons (Fsp3) is 0.333. The van der Waals surface area contributed by atoms with E-state index in [1.165, 1.54) is 5.56 Å². The Bertz CT molecular complexity index is 311. The summed E-state index contributed by atoms with van der Waals surface area (Å²) in [5, 5.41) is 9.68. The minimum Gasteiger partial charge on any atom is -0.387 e. The van der Waals surface area contributed by atoms with Crippen LogP contribution in [0, 0.1) is 0 Å². The van der Waals surface area contributed by atoms with Crippen molar-refractivity contribution in [2.45, 2.75) is 17.4 Å². The fourth-order valence-electron chi connectivity index (χ4n) is 1.56. The number of aliphatic hydroxyl groups excluding tert-OH is 1. The molecule has 2 rings (SSSR count). The van der Waals surface area contributed by atoms with Crippen LogP contribution in [-0.2, 0) is 6.42 Å². The van der Waals surface area contributed by atoms with Crippen molar-refractivity contribution < 1.29 is 5.11 Å². The van der Waals surface area contributed by atoms with E-state index in [4.69, 9.17) is 0 Å². The summed E-state index contributed by atoms with van der Waals surface area (Å²) in [6.45, 7) is 0. The maximum absolute atomic E-state index is 9.68. The van der Waals surface area contributed by atoms with E-state index in [1.54, 1.807) is 0 Å². The summed E-state index contributed by atoms with van der Waals surface area (Å²) in [6.07, 6.45) is 0.573. The predicted octanol–water partition coefficient (Wildman–Crippen LogP) is 2.80. The number of hydrogen-bond donors (Lipinski definition) is 1.